The van der Waals surface area contributed by atoms with Crippen LogP contribution in [0.2, 0.25) is 0 Å². The van der Waals surface area contributed by atoms with Crippen molar-refractivity contribution in [1.82, 2.24) is 0 Å². The minimum absolute atomic E-state index is 0.164. The topological polar surface area (TPSA) is 32.8 Å². The Morgan fingerprint density at radius 2 is 0.811 bits per heavy atom. The number of rotatable bonds is 8. The summed E-state index contributed by atoms with van der Waals surface area (Å²) >= 11 is 0. The standard InChI is InChI=1S/C86H64N2O2/c1-50(2)52-27-34-60(35-28-52)88(77-22-13-20-69-66-18-10-11-24-79(66)89-83(69)77)62-37-41-65-57(44-62)30-39-68-73-46-55-17-12-19-63(71(55)49-76(73)86(6,7)82(65)68)58-31-42-80-74(47-58)70-21-14-23-78(84(70)90-80)87(59-32-25-51(3)26-33-59)61-36-40-64-56(43-61)29-38-67-72-45-53-15-8-9-16-54(53)48-75(72)85(4,5)81(64)67/h8-50H,1-7H3. The summed E-state index contributed by atoms with van der Waals surface area (Å²) in [6.45, 7) is 16.3. The summed E-state index contributed by atoms with van der Waals surface area (Å²) in [5.41, 5.74) is 25.0. The molecular formula is C86H64N2O2. The van der Waals surface area contributed by atoms with E-state index in [0.717, 1.165) is 83.6 Å². The first-order valence-electron chi connectivity index (χ1n) is 31.7. The van der Waals surface area contributed by atoms with Gasteiger partial charge in [-0.3, -0.25) is 0 Å². The summed E-state index contributed by atoms with van der Waals surface area (Å²) in [4.78, 5) is 4.75. The van der Waals surface area contributed by atoms with Crippen LogP contribution in [0.1, 0.15) is 80.8 Å². The minimum Gasteiger partial charge on any atom is -0.454 e. The smallest absolute Gasteiger partial charge is 0.159 e. The molecule has 4 nitrogen and oxygen atoms in total. The van der Waals surface area contributed by atoms with E-state index in [1.165, 1.54) is 104 Å². The zero-order chi connectivity index (χ0) is 60.5. The maximum Gasteiger partial charge on any atom is 0.159 e. The molecule has 2 aliphatic rings. The fraction of sp³-hybridized carbons (Fsp3) is 0.116. The number of hydrogen-bond donors (Lipinski definition) is 0. The molecule has 0 spiro atoms. The van der Waals surface area contributed by atoms with Crippen LogP contribution >= 0.6 is 0 Å². The Hall–Kier alpha value is -10.7. The molecule has 0 bridgehead atoms. The highest BCUT2D eigenvalue weighted by molar-refractivity contribution is 6.14. The number of fused-ring (bicyclic) bond motifs is 18. The SMILES string of the molecule is Cc1ccc(N(c2ccc3c4c(ccc3c2)-c2cc3ccccc3cc2C4(C)C)c2cccc3c2oc2ccc(-c4cccc5cc6c(cc45)C(C)(C)c4c-6ccc5cc(N(c6ccc(C(C)C)cc6)c6cccc7c6oc6ccccc67)ccc45)cc23)cc1. The van der Waals surface area contributed by atoms with E-state index in [0.29, 0.717) is 5.92 Å². The summed E-state index contributed by atoms with van der Waals surface area (Å²) in [7, 11) is 0. The van der Waals surface area contributed by atoms with E-state index in [9.17, 15) is 0 Å². The highest BCUT2D eigenvalue weighted by atomic mass is 16.3. The third-order valence-electron chi connectivity index (χ3n) is 20.4. The molecule has 430 valence electrons. The van der Waals surface area contributed by atoms with Gasteiger partial charge in [0.2, 0.25) is 0 Å². The fourth-order valence-corrected chi connectivity index (χ4v) is 15.9. The molecule has 16 aromatic rings. The number of furan rings is 2. The number of para-hydroxylation sites is 3. The first-order chi connectivity index (χ1) is 43.8. The van der Waals surface area contributed by atoms with E-state index in [-0.39, 0.29) is 10.8 Å². The lowest BCUT2D eigenvalue weighted by atomic mass is 9.79. The van der Waals surface area contributed by atoms with Gasteiger partial charge in [-0.2, -0.15) is 0 Å². The molecule has 0 atom stereocenters. The van der Waals surface area contributed by atoms with Gasteiger partial charge in [-0.15, -0.1) is 0 Å². The van der Waals surface area contributed by atoms with E-state index in [1.807, 2.05) is 6.07 Å². The van der Waals surface area contributed by atoms with Gasteiger partial charge in [0.1, 0.15) is 11.2 Å². The van der Waals surface area contributed by atoms with Crippen molar-refractivity contribution in [3.05, 3.63) is 288 Å². The van der Waals surface area contributed by atoms with Crippen molar-refractivity contribution in [3.63, 3.8) is 0 Å². The minimum atomic E-state index is -0.285. The van der Waals surface area contributed by atoms with Crippen LogP contribution < -0.4 is 9.80 Å². The zero-order valence-corrected chi connectivity index (χ0v) is 51.5. The van der Waals surface area contributed by atoms with Gasteiger partial charge in [0.25, 0.3) is 0 Å². The molecule has 0 radical (unpaired) electrons. The van der Waals surface area contributed by atoms with Crippen molar-refractivity contribution in [2.75, 3.05) is 9.80 Å². The quantitative estimate of drug-likeness (QED) is 0.152. The molecule has 14 aromatic carbocycles. The first-order valence-corrected chi connectivity index (χ1v) is 31.7. The summed E-state index contributed by atoms with van der Waals surface area (Å²) in [5, 5.41) is 14.4. The lowest BCUT2D eigenvalue weighted by molar-refractivity contribution is 0.667. The molecule has 2 aliphatic carbocycles. The molecule has 0 saturated carbocycles. The van der Waals surface area contributed by atoms with Crippen molar-refractivity contribution in [1.29, 1.82) is 0 Å². The molecule has 0 saturated heterocycles. The Labute approximate surface area is 523 Å². The van der Waals surface area contributed by atoms with Crippen LogP contribution in [0.5, 0.6) is 0 Å². The Kier molecular flexibility index (Phi) is 11.2. The Morgan fingerprint density at radius 3 is 1.43 bits per heavy atom. The molecule has 0 fully saturated rings. The average Bonchev–Trinajstić information content (AvgIpc) is 1.56. The molecule has 0 amide bonds. The van der Waals surface area contributed by atoms with Gasteiger partial charge < -0.3 is 18.6 Å². The molecule has 0 N–H and O–H groups in total. The summed E-state index contributed by atoms with van der Waals surface area (Å²) in [6, 6.07) is 94.9. The molecule has 90 heavy (non-hydrogen) atoms. The highest BCUT2D eigenvalue weighted by Gasteiger charge is 2.39. The van der Waals surface area contributed by atoms with E-state index in [4.69, 9.17) is 8.83 Å². The van der Waals surface area contributed by atoms with Crippen LogP contribution in [0.3, 0.4) is 0 Å². The van der Waals surface area contributed by atoms with E-state index in [1.54, 1.807) is 0 Å². The number of anilines is 6. The molecule has 18 rings (SSSR count). The van der Waals surface area contributed by atoms with E-state index < -0.39 is 0 Å². The molecule has 4 heteroatoms. The van der Waals surface area contributed by atoms with Gasteiger partial charge >= 0.3 is 0 Å². The van der Waals surface area contributed by atoms with E-state index in [2.05, 4.69) is 307 Å². The Morgan fingerprint density at radius 1 is 0.322 bits per heavy atom. The van der Waals surface area contributed by atoms with Crippen molar-refractivity contribution in [2.24, 2.45) is 0 Å². The van der Waals surface area contributed by atoms with Crippen molar-refractivity contribution in [3.8, 4) is 33.4 Å². The van der Waals surface area contributed by atoms with Crippen LogP contribution in [-0.4, -0.2) is 0 Å². The summed E-state index contributed by atoms with van der Waals surface area (Å²) in [6.07, 6.45) is 0. The van der Waals surface area contributed by atoms with Gasteiger partial charge in [-0.05, 0) is 220 Å². The molecule has 2 heterocycles. The third-order valence-corrected chi connectivity index (χ3v) is 20.4. The first kappa shape index (κ1) is 52.4. The van der Waals surface area contributed by atoms with Crippen molar-refractivity contribution >= 4 is 121 Å². The Balaban J connectivity index is 0.719. The van der Waals surface area contributed by atoms with E-state index >= 15 is 0 Å². The van der Waals surface area contributed by atoms with Crippen LogP contribution in [-0.2, 0) is 10.8 Å². The second kappa shape index (κ2) is 19.2. The van der Waals surface area contributed by atoms with Crippen LogP contribution in [0.15, 0.2) is 264 Å². The normalized spacial score (nSPS) is 13.8. The predicted octanol–water partition coefficient (Wildman–Crippen LogP) is 24.7. The fourth-order valence-electron chi connectivity index (χ4n) is 15.9. The predicted molar refractivity (Wildman–Crippen MR) is 380 cm³/mol. The summed E-state index contributed by atoms with van der Waals surface area (Å²) < 4.78 is 13.8. The number of nitrogens with zero attached hydrogens (tertiary/aromatic N) is 2. The molecular weight excluding hydrogens is 1090 g/mol. The molecule has 2 aromatic heterocycles. The number of benzene rings is 14. The highest BCUT2D eigenvalue weighted by Crippen LogP contribution is 2.56. The largest absolute Gasteiger partial charge is 0.454 e. The maximum absolute atomic E-state index is 7.07. The van der Waals surface area contributed by atoms with Gasteiger partial charge in [0, 0.05) is 55.1 Å². The second-order valence-electron chi connectivity index (χ2n) is 26.7. The average molecular weight is 1160 g/mol. The Bertz CT molecular complexity index is 5720. The number of hydrogen-bond acceptors (Lipinski definition) is 4. The van der Waals surface area contributed by atoms with Crippen molar-refractivity contribution < 1.29 is 8.83 Å². The van der Waals surface area contributed by atoms with Gasteiger partial charge in [-0.25, -0.2) is 0 Å². The monoisotopic (exact) mass is 1160 g/mol. The number of aryl methyl sites for hydroxylation is 1. The lowest BCUT2D eigenvalue weighted by Gasteiger charge is -2.27. The van der Waals surface area contributed by atoms with Gasteiger partial charge in [-0.1, -0.05) is 199 Å². The lowest BCUT2D eigenvalue weighted by Crippen LogP contribution is -2.16. The molecule has 0 aliphatic heterocycles. The van der Waals surface area contributed by atoms with Crippen LogP contribution in [0.25, 0.3) is 120 Å². The van der Waals surface area contributed by atoms with Crippen molar-refractivity contribution in [2.45, 2.75) is 65.2 Å². The molecule has 0 unspecified atom stereocenters. The van der Waals surface area contributed by atoms with Crippen LogP contribution in [0, 0.1) is 6.92 Å². The van der Waals surface area contributed by atoms with Crippen LogP contribution in [0.4, 0.5) is 34.1 Å². The van der Waals surface area contributed by atoms with Gasteiger partial charge in [0.05, 0.1) is 11.4 Å². The third kappa shape index (κ3) is 7.67. The van der Waals surface area contributed by atoms with Gasteiger partial charge in [0.15, 0.2) is 11.2 Å². The summed E-state index contributed by atoms with van der Waals surface area (Å²) in [5.74, 6) is 0.427. The maximum atomic E-state index is 7.07. The second-order valence-corrected chi connectivity index (χ2v) is 26.7. The zero-order valence-electron chi connectivity index (χ0n) is 51.5.